The maximum Gasteiger partial charge on any atom is 0.337 e. The molecule has 5 nitrogen and oxygen atoms in total. The van der Waals surface area contributed by atoms with E-state index in [-0.39, 0.29) is 11.2 Å². The molecule has 0 unspecified atom stereocenters. The lowest BCUT2D eigenvalue weighted by molar-refractivity contribution is 0.414. The average Bonchev–Trinajstić information content (AvgIpc) is 3.18. The van der Waals surface area contributed by atoms with E-state index in [1.165, 1.54) is 9.44 Å². The molecule has 0 saturated heterocycles. The normalized spacial score (nSPS) is 13.4. The summed E-state index contributed by atoms with van der Waals surface area (Å²) >= 11 is 7.63. The molecule has 0 saturated carbocycles. The van der Waals surface area contributed by atoms with Gasteiger partial charge in [0.25, 0.3) is 5.56 Å². The highest BCUT2D eigenvalue weighted by Crippen LogP contribution is 2.34. The van der Waals surface area contributed by atoms with E-state index in [0.29, 0.717) is 28.4 Å². The first-order valence-corrected chi connectivity index (χ1v) is 11.4. The fraction of sp³-hybridized carbons (Fsp3) is 0.250. The van der Waals surface area contributed by atoms with Gasteiger partial charge in [0.1, 0.15) is 10.6 Å². The minimum Gasteiger partial charge on any atom is -0.497 e. The summed E-state index contributed by atoms with van der Waals surface area (Å²) in [5.74, 6) is 0.673. The lowest BCUT2D eigenvalue weighted by Gasteiger charge is -2.14. The van der Waals surface area contributed by atoms with Gasteiger partial charge in [-0.1, -0.05) is 23.7 Å². The summed E-state index contributed by atoms with van der Waals surface area (Å²) in [4.78, 5) is 29.2. The minimum absolute atomic E-state index is 0.239. The predicted octanol–water partition coefficient (Wildman–Crippen LogP) is 4.80. The molecule has 2 aromatic carbocycles. The molecule has 7 heteroatoms. The van der Waals surface area contributed by atoms with Crippen LogP contribution in [-0.4, -0.2) is 16.2 Å². The van der Waals surface area contributed by atoms with Gasteiger partial charge in [-0.25, -0.2) is 9.36 Å². The molecule has 1 aliphatic rings. The highest BCUT2D eigenvalue weighted by molar-refractivity contribution is 7.18. The molecule has 1 aliphatic carbocycles. The quantitative estimate of drug-likeness (QED) is 0.446. The van der Waals surface area contributed by atoms with Crippen molar-refractivity contribution in [3.05, 3.63) is 90.4 Å². The minimum atomic E-state index is -0.337. The number of ether oxygens (including phenoxy) is 1. The molecule has 0 aliphatic heterocycles. The largest absolute Gasteiger partial charge is 0.497 e. The number of thiophene rings is 1. The zero-order valence-corrected chi connectivity index (χ0v) is 18.6. The van der Waals surface area contributed by atoms with Gasteiger partial charge in [-0.2, -0.15) is 0 Å². The monoisotopic (exact) mass is 452 g/mol. The van der Waals surface area contributed by atoms with Crippen molar-refractivity contribution in [2.24, 2.45) is 0 Å². The first-order valence-electron chi connectivity index (χ1n) is 10.3. The van der Waals surface area contributed by atoms with Gasteiger partial charge in [0.2, 0.25) is 0 Å². The van der Waals surface area contributed by atoms with Crippen molar-refractivity contribution < 1.29 is 4.74 Å². The van der Waals surface area contributed by atoms with Crippen LogP contribution in [-0.2, 0) is 19.4 Å². The molecule has 158 valence electrons. The standard InChI is InChI=1S/C24H21ClN2O3S/c1-30-18-12-10-17(11-13-18)27-22(28)21-19-4-2-3-5-20(19)31-23(21)26(24(27)29)14-15-6-8-16(25)9-7-15/h6-13H,2-5,14H2,1H3. The fourth-order valence-electron chi connectivity index (χ4n) is 4.24. The van der Waals surface area contributed by atoms with E-state index in [0.717, 1.165) is 41.6 Å². The van der Waals surface area contributed by atoms with Gasteiger partial charge in [0, 0.05) is 9.90 Å². The number of fused-ring (bicyclic) bond motifs is 3. The van der Waals surface area contributed by atoms with Crippen LogP contribution in [0, 0.1) is 0 Å². The molecule has 0 radical (unpaired) electrons. The number of benzene rings is 2. The Morgan fingerprint density at radius 3 is 2.42 bits per heavy atom. The number of hydrogen-bond donors (Lipinski definition) is 0. The number of rotatable bonds is 4. The molecule has 4 aromatic rings. The maximum atomic E-state index is 13.6. The zero-order chi connectivity index (χ0) is 21.5. The third-order valence-electron chi connectivity index (χ3n) is 5.82. The molecule has 0 atom stereocenters. The van der Waals surface area contributed by atoms with Crippen LogP contribution >= 0.6 is 22.9 Å². The molecular formula is C24H21ClN2O3S. The summed E-state index contributed by atoms with van der Waals surface area (Å²) in [6.07, 6.45) is 4.03. The number of hydrogen-bond acceptors (Lipinski definition) is 4. The lowest BCUT2D eigenvalue weighted by atomic mass is 9.97. The molecule has 2 heterocycles. The maximum absolute atomic E-state index is 13.6. The Balaban J connectivity index is 1.79. The molecule has 0 N–H and O–H groups in total. The van der Waals surface area contributed by atoms with Crippen LogP contribution in [0.5, 0.6) is 5.75 Å². The summed E-state index contributed by atoms with van der Waals surface area (Å²) in [6, 6.07) is 14.5. The Morgan fingerprint density at radius 1 is 1.00 bits per heavy atom. The number of nitrogens with zero attached hydrogens (tertiary/aromatic N) is 2. The number of halogens is 1. The van der Waals surface area contributed by atoms with Gasteiger partial charge < -0.3 is 4.74 Å². The van der Waals surface area contributed by atoms with Crippen molar-refractivity contribution in [2.75, 3.05) is 7.11 Å². The number of methoxy groups -OCH3 is 1. The Morgan fingerprint density at radius 2 is 1.71 bits per heavy atom. The second kappa shape index (κ2) is 8.02. The van der Waals surface area contributed by atoms with E-state index in [1.807, 2.05) is 24.3 Å². The van der Waals surface area contributed by atoms with Crippen molar-refractivity contribution in [2.45, 2.75) is 32.2 Å². The van der Waals surface area contributed by atoms with Gasteiger partial charge in [-0.15, -0.1) is 11.3 Å². The molecule has 0 amide bonds. The van der Waals surface area contributed by atoms with Crippen LogP contribution in [0.1, 0.15) is 28.8 Å². The van der Waals surface area contributed by atoms with Crippen molar-refractivity contribution in [3.8, 4) is 11.4 Å². The smallest absolute Gasteiger partial charge is 0.337 e. The summed E-state index contributed by atoms with van der Waals surface area (Å²) in [5.41, 5.74) is 2.04. The first kappa shape index (κ1) is 20.1. The third kappa shape index (κ3) is 3.50. The predicted molar refractivity (Wildman–Crippen MR) is 125 cm³/mol. The van der Waals surface area contributed by atoms with Gasteiger partial charge in [-0.05, 0) is 73.2 Å². The van der Waals surface area contributed by atoms with Gasteiger partial charge in [0.05, 0.1) is 24.7 Å². The Bertz CT molecular complexity index is 1380. The summed E-state index contributed by atoms with van der Waals surface area (Å²) < 4.78 is 8.25. The van der Waals surface area contributed by atoms with Crippen LogP contribution in [0.4, 0.5) is 0 Å². The summed E-state index contributed by atoms with van der Waals surface area (Å²) in [7, 11) is 1.59. The molecule has 0 spiro atoms. The van der Waals surface area contributed by atoms with Crippen molar-refractivity contribution >= 4 is 33.2 Å². The van der Waals surface area contributed by atoms with E-state index in [9.17, 15) is 9.59 Å². The van der Waals surface area contributed by atoms with Crippen LogP contribution in [0.25, 0.3) is 15.9 Å². The molecule has 5 rings (SSSR count). The molecule has 0 fully saturated rings. The molecule has 2 aromatic heterocycles. The van der Waals surface area contributed by atoms with E-state index in [1.54, 1.807) is 47.3 Å². The Hall–Kier alpha value is -2.83. The summed E-state index contributed by atoms with van der Waals surface area (Å²) in [5, 5.41) is 1.33. The molecule has 31 heavy (non-hydrogen) atoms. The van der Waals surface area contributed by atoms with E-state index < -0.39 is 0 Å². The highest BCUT2D eigenvalue weighted by atomic mass is 35.5. The molecular weight excluding hydrogens is 432 g/mol. The SMILES string of the molecule is COc1ccc(-n2c(=O)c3c4c(sc3n(Cc3ccc(Cl)cc3)c2=O)CCCC4)cc1. The topological polar surface area (TPSA) is 53.2 Å². The van der Waals surface area contributed by atoms with Crippen LogP contribution in [0.3, 0.4) is 0 Å². The highest BCUT2D eigenvalue weighted by Gasteiger charge is 2.24. The van der Waals surface area contributed by atoms with E-state index in [4.69, 9.17) is 16.3 Å². The van der Waals surface area contributed by atoms with Crippen molar-refractivity contribution in [1.82, 2.24) is 9.13 Å². The second-order valence-corrected chi connectivity index (χ2v) is 9.24. The lowest BCUT2D eigenvalue weighted by Crippen LogP contribution is -2.39. The van der Waals surface area contributed by atoms with Crippen LogP contribution in [0.2, 0.25) is 5.02 Å². The van der Waals surface area contributed by atoms with Gasteiger partial charge >= 0.3 is 5.69 Å². The first-order chi connectivity index (χ1) is 15.1. The fourth-order valence-corrected chi connectivity index (χ4v) is 5.74. The van der Waals surface area contributed by atoms with Crippen LogP contribution < -0.4 is 16.0 Å². The average molecular weight is 453 g/mol. The van der Waals surface area contributed by atoms with E-state index >= 15 is 0 Å². The number of aryl methyl sites for hydroxylation is 2. The molecule has 0 bridgehead atoms. The van der Waals surface area contributed by atoms with Crippen LogP contribution in [0.15, 0.2) is 58.1 Å². The van der Waals surface area contributed by atoms with Gasteiger partial charge in [-0.3, -0.25) is 9.36 Å². The zero-order valence-electron chi connectivity index (χ0n) is 17.1. The second-order valence-electron chi connectivity index (χ2n) is 7.72. The Labute approximate surface area is 188 Å². The van der Waals surface area contributed by atoms with E-state index in [2.05, 4.69) is 0 Å². The summed E-state index contributed by atoms with van der Waals surface area (Å²) in [6.45, 7) is 0.377. The number of aromatic nitrogens is 2. The third-order valence-corrected chi connectivity index (χ3v) is 7.39. The van der Waals surface area contributed by atoms with Crippen molar-refractivity contribution in [3.63, 3.8) is 0 Å². The van der Waals surface area contributed by atoms with Gasteiger partial charge in [0.15, 0.2) is 0 Å². The van der Waals surface area contributed by atoms with Crippen molar-refractivity contribution in [1.29, 1.82) is 0 Å². The Kier molecular flexibility index (Phi) is 5.20.